The minimum atomic E-state index is 1.08. The van der Waals surface area contributed by atoms with Gasteiger partial charge in [-0.05, 0) is 18.2 Å². The first kappa shape index (κ1) is 11.8. The zero-order valence-electron chi connectivity index (χ0n) is 11.8. The number of piperazine rings is 1. The predicted molar refractivity (Wildman–Crippen MR) is 85.5 cm³/mol. The van der Waals surface area contributed by atoms with E-state index in [0.29, 0.717) is 0 Å². The first-order valence-corrected chi connectivity index (χ1v) is 7.27. The maximum absolute atomic E-state index is 3.41. The molecule has 0 spiro atoms. The maximum Gasteiger partial charge on any atom is 0.0509 e. The van der Waals surface area contributed by atoms with Crippen LogP contribution < -0.4 is 10.2 Å². The molecule has 0 radical (unpaired) electrons. The molecule has 1 fully saturated rings. The van der Waals surface area contributed by atoms with E-state index in [1.165, 1.54) is 27.5 Å². The monoisotopic (exact) mass is 265 g/mol. The Balaban J connectivity index is 1.90. The topological polar surface area (TPSA) is 20.2 Å². The Morgan fingerprint density at radius 2 is 1.65 bits per heavy atom. The molecule has 2 aromatic carbocycles. The normalized spacial score (nSPS) is 16.1. The van der Waals surface area contributed by atoms with Crippen molar-refractivity contribution >= 4 is 27.5 Å². The summed E-state index contributed by atoms with van der Waals surface area (Å²) in [4.78, 5) is 2.47. The molecule has 1 N–H and O–H groups in total. The standard InChI is InChI=1S/C17H19N3/c1-19-16-5-3-2-4-14(16)15-7-6-13(12-17(15)19)20-10-8-18-9-11-20/h2-7,12,18H,8-11H2,1H3. The van der Waals surface area contributed by atoms with Crippen LogP contribution in [0.15, 0.2) is 42.5 Å². The van der Waals surface area contributed by atoms with Crippen molar-refractivity contribution in [2.75, 3.05) is 31.1 Å². The number of hydrogen-bond donors (Lipinski definition) is 1. The van der Waals surface area contributed by atoms with Gasteiger partial charge in [-0.2, -0.15) is 0 Å². The summed E-state index contributed by atoms with van der Waals surface area (Å²) in [6.45, 7) is 4.34. The van der Waals surface area contributed by atoms with E-state index in [2.05, 4.69) is 64.3 Å². The lowest BCUT2D eigenvalue weighted by atomic mass is 10.1. The van der Waals surface area contributed by atoms with Crippen LogP contribution in [0, 0.1) is 0 Å². The van der Waals surface area contributed by atoms with E-state index in [-0.39, 0.29) is 0 Å². The predicted octanol–water partition coefficient (Wildman–Crippen LogP) is 2.74. The van der Waals surface area contributed by atoms with Gasteiger partial charge in [0.2, 0.25) is 0 Å². The molecular weight excluding hydrogens is 246 g/mol. The molecule has 0 aliphatic carbocycles. The van der Waals surface area contributed by atoms with Crippen LogP contribution in [0.2, 0.25) is 0 Å². The molecule has 3 aromatic rings. The van der Waals surface area contributed by atoms with Crippen LogP contribution >= 0.6 is 0 Å². The van der Waals surface area contributed by atoms with Crippen molar-refractivity contribution in [2.24, 2.45) is 7.05 Å². The number of para-hydroxylation sites is 1. The Kier molecular flexibility index (Phi) is 2.67. The van der Waals surface area contributed by atoms with Crippen molar-refractivity contribution in [3.8, 4) is 0 Å². The third kappa shape index (κ3) is 1.70. The number of aryl methyl sites for hydroxylation is 1. The van der Waals surface area contributed by atoms with Gasteiger partial charge in [0.05, 0.1) is 5.52 Å². The van der Waals surface area contributed by atoms with Crippen LogP contribution in [-0.2, 0) is 7.05 Å². The summed E-state index contributed by atoms with van der Waals surface area (Å²) >= 11 is 0. The summed E-state index contributed by atoms with van der Waals surface area (Å²) in [7, 11) is 2.16. The first-order valence-electron chi connectivity index (χ1n) is 7.27. The zero-order valence-corrected chi connectivity index (χ0v) is 11.8. The molecule has 0 bridgehead atoms. The minimum absolute atomic E-state index is 1.08. The lowest BCUT2D eigenvalue weighted by molar-refractivity contribution is 0.589. The summed E-state index contributed by atoms with van der Waals surface area (Å²) < 4.78 is 2.30. The van der Waals surface area contributed by atoms with Crippen molar-refractivity contribution in [3.05, 3.63) is 42.5 Å². The average Bonchev–Trinajstić information content (AvgIpc) is 2.81. The average molecular weight is 265 g/mol. The maximum atomic E-state index is 3.41. The number of benzene rings is 2. The van der Waals surface area contributed by atoms with E-state index in [9.17, 15) is 0 Å². The lowest BCUT2D eigenvalue weighted by Gasteiger charge is -2.29. The Bertz CT molecular complexity index is 766. The molecule has 4 rings (SSSR count). The third-order valence-corrected chi connectivity index (χ3v) is 4.38. The van der Waals surface area contributed by atoms with Crippen molar-refractivity contribution in [1.82, 2.24) is 9.88 Å². The van der Waals surface area contributed by atoms with Crippen LogP contribution in [0.3, 0.4) is 0 Å². The third-order valence-electron chi connectivity index (χ3n) is 4.38. The number of fused-ring (bicyclic) bond motifs is 3. The molecule has 2 heterocycles. The highest BCUT2D eigenvalue weighted by atomic mass is 15.2. The molecule has 102 valence electrons. The highest BCUT2D eigenvalue weighted by Crippen LogP contribution is 2.30. The summed E-state index contributed by atoms with van der Waals surface area (Å²) in [5.41, 5.74) is 3.96. The molecule has 0 amide bonds. The van der Waals surface area contributed by atoms with Gasteiger partial charge >= 0.3 is 0 Å². The molecular formula is C17H19N3. The Morgan fingerprint density at radius 3 is 2.50 bits per heavy atom. The highest BCUT2D eigenvalue weighted by Gasteiger charge is 2.13. The number of aromatic nitrogens is 1. The molecule has 3 heteroatoms. The summed E-state index contributed by atoms with van der Waals surface area (Å²) in [6, 6.07) is 15.5. The minimum Gasteiger partial charge on any atom is -0.369 e. The second-order valence-corrected chi connectivity index (χ2v) is 5.51. The van der Waals surface area contributed by atoms with Gasteiger partial charge in [0.1, 0.15) is 0 Å². The van der Waals surface area contributed by atoms with Gasteiger partial charge < -0.3 is 14.8 Å². The number of anilines is 1. The second-order valence-electron chi connectivity index (χ2n) is 5.51. The quantitative estimate of drug-likeness (QED) is 0.730. The molecule has 1 aromatic heterocycles. The van der Waals surface area contributed by atoms with Crippen LogP contribution in [-0.4, -0.2) is 30.7 Å². The van der Waals surface area contributed by atoms with Crippen molar-refractivity contribution in [3.63, 3.8) is 0 Å². The van der Waals surface area contributed by atoms with Gasteiger partial charge in [0.15, 0.2) is 0 Å². The van der Waals surface area contributed by atoms with Gasteiger partial charge in [0.25, 0.3) is 0 Å². The number of rotatable bonds is 1. The Hall–Kier alpha value is -2.00. The largest absolute Gasteiger partial charge is 0.369 e. The zero-order chi connectivity index (χ0) is 13.5. The smallest absolute Gasteiger partial charge is 0.0509 e. The summed E-state index contributed by atoms with van der Waals surface area (Å²) in [5, 5.41) is 6.10. The van der Waals surface area contributed by atoms with Crippen LogP contribution in [0.1, 0.15) is 0 Å². The fourth-order valence-corrected chi connectivity index (χ4v) is 3.27. The highest BCUT2D eigenvalue weighted by molar-refractivity contribution is 6.08. The Labute approximate surface area is 118 Å². The van der Waals surface area contributed by atoms with Gasteiger partial charge in [-0.1, -0.05) is 24.3 Å². The number of nitrogens with zero attached hydrogens (tertiary/aromatic N) is 2. The van der Waals surface area contributed by atoms with Gasteiger partial charge in [0, 0.05) is 55.2 Å². The molecule has 0 unspecified atom stereocenters. The second kappa shape index (κ2) is 4.53. The Morgan fingerprint density at radius 1 is 0.900 bits per heavy atom. The fourth-order valence-electron chi connectivity index (χ4n) is 3.27. The molecule has 1 aliphatic heterocycles. The molecule has 20 heavy (non-hydrogen) atoms. The van der Waals surface area contributed by atoms with Gasteiger partial charge in [-0.3, -0.25) is 0 Å². The lowest BCUT2D eigenvalue weighted by Crippen LogP contribution is -2.43. The van der Waals surface area contributed by atoms with Crippen molar-refractivity contribution in [2.45, 2.75) is 0 Å². The van der Waals surface area contributed by atoms with Crippen molar-refractivity contribution < 1.29 is 0 Å². The molecule has 1 saturated heterocycles. The number of nitrogens with one attached hydrogen (secondary N) is 1. The van der Waals surface area contributed by atoms with E-state index in [4.69, 9.17) is 0 Å². The van der Waals surface area contributed by atoms with E-state index >= 15 is 0 Å². The van der Waals surface area contributed by atoms with Crippen LogP contribution in [0.5, 0.6) is 0 Å². The van der Waals surface area contributed by atoms with E-state index in [0.717, 1.165) is 26.2 Å². The summed E-state index contributed by atoms with van der Waals surface area (Å²) in [5.74, 6) is 0. The molecule has 3 nitrogen and oxygen atoms in total. The van der Waals surface area contributed by atoms with E-state index < -0.39 is 0 Å². The first-order chi connectivity index (χ1) is 9.84. The fraction of sp³-hybridized carbons (Fsp3) is 0.294. The van der Waals surface area contributed by atoms with Gasteiger partial charge in [-0.15, -0.1) is 0 Å². The van der Waals surface area contributed by atoms with E-state index in [1.807, 2.05) is 0 Å². The van der Waals surface area contributed by atoms with Gasteiger partial charge in [-0.25, -0.2) is 0 Å². The molecule has 0 atom stereocenters. The summed E-state index contributed by atoms with van der Waals surface area (Å²) in [6.07, 6.45) is 0. The SMILES string of the molecule is Cn1c2ccccc2c2ccc(N3CCNCC3)cc21. The van der Waals surface area contributed by atoms with Crippen molar-refractivity contribution in [1.29, 1.82) is 0 Å². The van der Waals surface area contributed by atoms with E-state index in [1.54, 1.807) is 0 Å². The molecule has 0 saturated carbocycles. The van der Waals surface area contributed by atoms with Crippen LogP contribution in [0.25, 0.3) is 21.8 Å². The number of hydrogen-bond acceptors (Lipinski definition) is 2. The molecule has 1 aliphatic rings. The van der Waals surface area contributed by atoms with Crippen LogP contribution in [0.4, 0.5) is 5.69 Å².